The molecule has 3 heteroatoms. The second-order valence-electron chi connectivity index (χ2n) is 11.8. The molecule has 0 aliphatic heterocycles. The van der Waals surface area contributed by atoms with Gasteiger partial charge in [0.05, 0.1) is 33.1 Å². The first-order valence-electron chi connectivity index (χ1n) is 11.9. The van der Waals surface area contributed by atoms with E-state index in [1.165, 1.54) is 17.6 Å². The van der Waals surface area contributed by atoms with Gasteiger partial charge in [-0.2, -0.15) is 0 Å². The normalized spacial score (nSPS) is 17.9. The third-order valence-corrected chi connectivity index (χ3v) is 6.09. The van der Waals surface area contributed by atoms with Crippen LogP contribution in [0.5, 0.6) is 0 Å². The van der Waals surface area contributed by atoms with Crippen LogP contribution in [0.3, 0.4) is 0 Å². The van der Waals surface area contributed by atoms with Gasteiger partial charge in [0, 0.05) is 11.5 Å². The molecule has 0 saturated carbocycles. The number of likely N-dealkylation sites (N-methyl/N-ethyl adjacent to an activating group) is 1. The quantitative estimate of drug-likeness (QED) is 0.292. The Hall–Kier alpha value is -1.58. The minimum atomic E-state index is 0.225. The van der Waals surface area contributed by atoms with Crippen LogP contribution in [0.15, 0.2) is 53.8 Å². The van der Waals surface area contributed by atoms with Gasteiger partial charge in [0.15, 0.2) is 0 Å². The van der Waals surface area contributed by atoms with Crippen molar-refractivity contribution in [3.63, 3.8) is 0 Å². The minimum absolute atomic E-state index is 0.225. The zero-order valence-electron chi connectivity index (χ0n) is 21.3. The smallest absolute Gasteiger partial charge is 0.111 e. The predicted molar refractivity (Wildman–Crippen MR) is 132 cm³/mol. The number of nitrogens with zero attached hydrogens (tertiary/aromatic N) is 1. The molecule has 0 bridgehead atoms. The molecule has 0 spiro atoms. The molecule has 1 atom stereocenters. The molecule has 31 heavy (non-hydrogen) atoms. The summed E-state index contributed by atoms with van der Waals surface area (Å²) in [5.74, 6) is 1.53. The van der Waals surface area contributed by atoms with Crippen molar-refractivity contribution in [2.45, 2.75) is 60.9 Å². The first-order chi connectivity index (χ1) is 14.4. The highest BCUT2D eigenvalue weighted by molar-refractivity contribution is 5.27. The Bertz CT molecular complexity index is 738. The van der Waals surface area contributed by atoms with Gasteiger partial charge >= 0.3 is 0 Å². The van der Waals surface area contributed by atoms with Crippen molar-refractivity contribution in [2.24, 2.45) is 16.7 Å². The Kier molecular flexibility index (Phi) is 8.97. The fourth-order valence-corrected chi connectivity index (χ4v) is 4.77. The highest BCUT2D eigenvalue weighted by atomic mass is 16.5. The molecule has 0 amide bonds. The van der Waals surface area contributed by atoms with Crippen molar-refractivity contribution in [1.29, 1.82) is 0 Å². The van der Waals surface area contributed by atoms with Crippen molar-refractivity contribution < 1.29 is 14.0 Å². The monoisotopic (exact) mass is 428 g/mol. The van der Waals surface area contributed by atoms with Gasteiger partial charge < -0.3 is 14.0 Å². The molecule has 1 aromatic rings. The van der Waals surface area contributed by atoms with Gasteiger partial charge in [0.2, 0.25) is 0 Å². The fourth-order valence-electron chi connectivity index (χ4n) is 4.77. The van der Waals surface area contributed by atoms with Crippen molar-refractivity contribution in [3.8, 4) is 0 Å². The summed E-state index contributed by atoms with van der Waals surface area (Å²) in [6.45, 7) is 18.0. The Morgan fingerprint density at radius 2 is 1.61 bits per heavy atom. The Morgan fingerprint density at radius 3 is 2.23 bits per heavy atom. The molecule has 0 saturated heterocycles. The second-order valence-corrected chi connectivity index (χ2v) is 11.8. The van der Waals surface area contributed by atoms with Gasteiger partial charge in [-0.1, -0.05) is 83.5 Å². The van der Waals surface area contributed by atoms with E-state index in [0.717, 1.165) is 36.4 Å². The van der Waals surface area contributed by atoms with Crippen LogP contribution in [0.2, 0.25) is 0 Å². The lowest BCUT2D eigenvalue weighted by molar-refractivity contribution is -0.904. The van der Waals surface area contributed by atoms with Crippen LogP contribution in [-0.4, -0.2) is 44.9 Å². The maximum Gasteiger partial charge on any atom is 0.111 e. The molecule has 1 aliphatic carbocycles. The van der Waals surface area contributed by atoms with Gasteiger partial charge in [-0.3, -0.25) is 0 Å². The van der Waals surface area contributed by atoms with E-state index < -0.39 is 0 Å². The molecule has 0 fully saturated rings. The van der Waals surface area contributed by atoms with Crippen LogP contribution in [0.25, 0.3) is 0 Å². The molecule has 1 aromatic carbocycles. The molecule has 0 radical (unpaired) electrons. The second kappa shape index (κ2) is 10.8. The summed E-state index contributed by atoms with van der Waals surface area (Å²) in [5.41, 5.74) is 3.46. The summed E-state index contributed by atoms with van der Waals surface area (Å²) in [5, 5.41) is 0. The third-order valence-electron chi connectivity index (χ3n) is 6.09. The fraction of sp³-hybridized carbons (Fsp3) is 0.643. The topological polar surface area (TPSA) is 18.5 Å². The molecule has 3 nitrogen and oxygen atoms in total. The van der Waals surface area contributed by atoms with Crippen LogP contribution in [0.1, 0.15) is 59.9 Å². The summed E-state index contributed by atoms with van der Waals surface area (Å²) in [6, 6.07) is 10.7. The third kappa shape index (κ3) is 9.21. The first kappa shape index (κ1) is 25.7. The van der Waals surface area contributed by atoms with E-state index in [1.54, 1.807) is 0 Å². The number of hydrogen-bond donors (Lipinski definition) is 0. The van der Waals surface area contributed by atoms with E-state index in [9.17, 15) is 0 Å². The molecule has 1 unspecified atom stereocenters. The van der Waals surface area contributed by atoms with Crippen molar-refractivity contribution in [1.82, 2.24) is 0 Å². The number of rotatable bonds is 11. The molecule has 0 aromatic heterocycles. The SMILES string of the molecule is CC1CC(C(C)(C)CC(C)(C)C)=CC=C1OCCOCC[N+](C)(C)Cc1ccccc1. The number of ether oxygens (including phenoxy) is 2. The average Bonchev–Trinajstić information content (AvgIpc) is 2.64. The molecular formula is C28H46NO2+. The Labute approximate surface area is 191 Å². The number of allylic oxidation sites excluding steroid dienone is 4. The maximum absolute atomic E-state index is 6.07. The molecule has 1 aliphatic rings. The summed E-state index contributed by atoms with van der Waals surface area (Å²) < 4.78 is 12.9. The lowest BCUT2D eigenvalue weighted by atomic mass is 9.69. The van der Waals surface area contributed by atoms with Crippen LogP contribution < -0.4 is 0 Å². The van der Waals surface area contributed by atoms with Crippen LogP contribution in [0, 0.1) is 16.7 Å². The highest BCUT2D eigenvalue weighted by Gasteiger charge is 2.31. The van der Waals surface area contributed by atoms with Gasteiger partial charge in [-0.25, -0.2) is 0 Å². The molecule has 0 heterocycles. The van der Waals surface area contributed by atoms with E-state index >= 15 is 0 Å². The van der Waals surface area contributed by atoms with Gasteiger partial charge in [-0.05, 0) is 29.7 Å². The minimum Gasteiger partial charge on any atom is -0.495 e. The number of hydrogen-bond acceptors (Lipinski definition) is 2. The van der Waals surface area contributed by atoms with Gasteiger partial charge in [0.25, 0.3) is 0 Å². The van der Waals surface area contributed by atoms with Crippen LogP contribution in [-0.2, 0) is 16.0 Å². The zero-order chi connectivity index (χ0) is 23.1. The summed E-state index contributed by atoms with van der Waals surface area (Å²) in [6.07, 6.45) is 6.76. The maximum atomic E-state index is 6.07. The van der Waals surface area contributed by atoms with E-state index in [4.69, 9.17) is 9.47 Å². The summed E-state index contributed by atoms with van der Waals surface area (Å²) in [4.78, 5) is 0. The van der Waals surface area contributed by atoms with Gasteiger partial charge in [-0.15, -0.1) is 0 Å². The van der Waals surface area contributed by atoms with Gasteiger partial charge in [0.1, 0.15) is 19.7 Å². The standard InChI is InChI=1S/C28H46NO2/c1-23-20-25(28(5,6)22-27(2,3)4)14-15-26(23)31-19-18-30-17-16-29(7,8)21-24-12-10-9-11-13-24/h9-15,23H,16-22H2,1-8H3/q+1. The van der Waals surface area contributed by atoms with Crippen molar-refractivity contribution in [3.05, 3.63) is 59.4 Å². The lowest BCUT2D eigenvalue weighted by Crippen LogP contribution is -2.41. The zero-order valence-corrected chi connectivity index (χ0v) is 21.3. The van der Waals surface area contributed by atoms with E-state index in [2.05, 4.69) is 98.1 Å². The highest BCUT2D eigenvalue weighted by Crippen LogP contribution is 2.43. The Balaban J connectivity index is 1.72. The van der Waals surface area contributed by atoms with E-state index in [1.807, 2.05) is 0 Å². The number of quaternary nitrogens is 1. The average molecular weight is 429 g/mol. The molecular weight excluding hydrogens is 382 g/mol. The molecule has 0 N–H and O–H groups in total. The summed E-state index contributed by atoms with van der Waals surface area (Å²) in [7, 11) is 4.51. The van der Waals surface area contributed by atoms with E-state index in [-0.39, 0.29) is 5.41 Å². The predicted octanol–water partition coefficient (Wildman–Crippen LogP) is 6.61. The van der Waals surface area contributed by atoms with Crippen LogP contribution >= 0.6 is 0 Å². The molecule has 2 rings (SSSR count). The van der Waals surface area contributed by atoms with Crippen molar-refractivity contribution >= 4 is 0 Å². The molecule has 174 valence electrons. The number of benzene rings is 1. The summed E-state index contributed by atoms with van der Waals surface area (Å²) >= 11 is 0. The largest absolute Gasteiger partial charge is 0.495 e. The Morgan fingerprint density at radius 1 is 0.935 bits per heavy atom. The van der Waals surface area contributed by atoms with Crippen LogP contribution in [0.4, 0.5) is 0 Å². The van der Waals surface area contributed by atoms with E-state index in [0.29, 0.717) is 24.5 Å². The van der Waals surface area contributed by atoms with Crippen molar-refractivity contribution in [2.75, 3.05) is 40.5 Å². The lowest BCUT2D eigenvalue weighted by Gasteiger charge is -2.37. The first-order valence-corrected chi connectivity index (χ1v) is 11.9.